The van der Waals surface area contributed by atoms with Crippen molar-refractivity contribution in [3.05, 3.63) is 76.3 Å². The first kappa shape index (κ1) is 31.2. The van der Waals surface area contributed by atoms with Gasteiger partial charge in [0.15, 0.2) is 0 Å². The second kappa shape index (κ2) is 12.6. The first-order chi connectivity index (χ1) is 19.4. The van der Waals surface area contributed by atoms with E-state index in [0.29, 0.717) is 35.5 Å². The highest BCUT2D eigenvalue weighted by Crippen LogP contribution is 2.47. The number of nitrogens with zero attached hydrogens (tertiary/aromatic N) is 1. The largest absolute Gasteiger partial charge is 0.374 e. The molecule has 2 aromatic carbocycles. The Morgan fingerprint density at radius 1 is 1.12 bits per heavy atom. The van der Waals surface area contributed by atoms with Gasteiger partial charge in [-0.2, -0.15) is 0 Å². The number of carbonyl (C=O) groups is 2. The number of rotatable bonds is 11. The van der Waals surface area contributed by atoms with Crippen molar-refractivity contribution in [1.29, 1.82) is 0 Å². The second-order valence-electron chi connectivity index (χ2n) is 11.3. The summed E-state index contributed by atoms with van der Waals surface area (Å²) in [6.45, 7) is 5.52. The molecule has 0 radical (unpaired) electrons. The Morgan fingerprint density at radius 3 is 2.34 bits per heavy atom. The van der Waals surface area contributed by atoms with Crippen LogP contribution in [0.4, 0.5) is 0 Å². The molecule has 1 aliphatic carbocycles. The summed E-state index contributed by atoms with van der Waals surface area (Å²) >= 11 is 6.09. The van der Waals surface area contributed by atoms with Crippen LogP contribution in [0.25, 0.3) is 4.91 Å². The van der Waals surface area contributed by atoms with Gasteiger partial charge in [0, 0.05) is 18.1 Å². The highest BCUT2D eigenvalue weighted by Gasteiger charge is 2.50. The van der Waals surface area contributed by atoms with Crippen LogP contribution in [0.2, 0.25) is 5.02 Å². The van der Waals surface area contributed by atoms with Crippen molar-refractivity contribution in [3.8, 4) is 0 Å². The number of halogens is 1. The third kappa shape index (κ3) is 7.18. The van der Waals surface area contributed by atoms with Gasteiger partial charge in [-0.1, -0.05) is 66.9 Å². The summed E-state index contributed by atoms with van der Waals surface area (Å²) in [5, 5.41) is 3.26. The summed E-state index contributed by atoms with van der Waals surface area (Å²) in [5.74, 6) is -0.868. The topological polar surface area (TPSA) is 131 Å². The van der Waals surface area contributed by atoms with Crippen LogP contribution < -0.4 is 15.8 Å². The molecule has 1 aliphatic heterocycles. The predicted molar refractivity (Wildman–Crippen MR) is 160 cm³/mol. The molecule has 9 nitrogen and oxygen atoms in total. The molecule has 0 aromatic heterocycles. The Balaban J connectivity index is 1.66. The molecule has 1 saturated carbocycles. The van der Waals surface area contributed by atoms with E-state index < -0.39 is 33.1 Å². The van der Waals surface area contributed by atoms with Crippen molar-refractivity contribution in [2.24, 2.45) is 5.73 Å². The first-order valence-electron chi connectivity index (χ1n) is 13.9. The Labute approximate surface area is 247 Å². The van der Waals surface area contributed by atoms with E-state index in [2.05, 4.69) is 10.0 Å². The van der Waals surface area contributed by atoms with Crippen LogP contribution in [-0.4, -0.2) is 61.9 Å². The van der Waals surface area contributed by atoms with E-state index >= 15 is 0 Å². The third-order valence-corrected chi connectivity index (χ3v) is 9.57. The molecular formula is C30H39ClN4O5S. The average Bonchev–Trinajstić information content (AvgIpc) is 3.47. The lowest BCUT2D eigenvalue weighted by atomic mass is 9.87. The summed E-state index contributed by atoms with van der Waals surface area (Å²) < 4.78 is 35.9. The summed E-state index contributed by atoms with van der Waals surface area (Å²) in [5.41, 5.74) is 6.15. The number of hydrogen-bond donors (Lipinski definition) is 3. The van der Waals surface area contributed by atoms with E-state index in [0.717, 1.165) is 18.4 Å². The zero-order valence-corrected chi connectivity index (χ0v) is 25.4. The summed E-state index contributed by atoms with van der Waals surface area (Å²) in [6.07, 6.45) is 3.04. The van der Waals surface area contributed by atoms with Crippen LogP contribution in [-0.2, 0) is 31.0 Å². The van der Waals surface area contributed by atoms with Gasteiger partial charge in [-0.05, 0) is 62.4 Å². The smallest absolute Gasteiger partial charge is 0.247 e. The highest BCUT2D eigenvalue weighted by atomic mass is 35.5. The fraction of sp³-hybridized carbons (Fsp3) is 0.467. The number of nitrogens with one attached hydrogen (secondary N) is 2. The first-order valence-corrected chi connectivity index (χ1v) is 15.8. The average molecular weight is 603 g/mol. The number of ether oxygens (including phenoxy) is 1. The number of carbonyl (C=O) groups excluding carboxylic acids is 2. The van der Waals surface area contributed by atoms with E-state index in [-0.39, 0.29) is 30.6 Å². The number of benzene rings is 2. The highest BCUT2D eigenvalue weighted by molar-refractivity contribution is 7.99. The SMILES string of the molecule is CCN(CC1=C(c2ccc(Cl)cc2)S(=O)(=O)NC12CCCC2)C(=O)[C@@H](COCc1ccccc1)NC(=O)C(C)(C)N. The van der Waals surface area contributed by atoms with Gasteiger partial charge in [0.25, 0.3) is 0 Å². The molecule has 0 unspecified atom stereocenters. The van der Waals surface area contributed by atoms with Gasteiger partial charge in [-0.3, -0.25) is 9.59 Å². The maximum absolute atomic E-state index is 14.0. The molecule has 4 N–H and O–H groups in total. The lowest BCUT2D eigenvalue weighted by molar-refractivity contribution is -0.139. The van der Waals surface area contributed by atoms with Gasteiger partial charge in [0.1, 0.15) is 6.04 Å². The molecule has 2 aliphatic rings. The van der Waals surface area contributed by atoms with Crippen molar-refractivity contribution in [1.82, 2.24) is 14.9 Å². The van der Waals surface area contributed by atoms with Crippen molar-refractivity contribution < 1.29 is 22.7 Å². The van der Waals surface area contributed by atoms with E-state index in [1.807, 2.05) is 37.3 Å². The van der Waals surface area contributed by atoms with Crippen LogP contribution in [0.3, 0.4) is 0 Å². The van der Waals surface area contributed by atoms with Crippen LogP contribution in [0.15, 0.2) is 60.2 Å². The van der Waals surface area contributed by atoms with Crippen molar-refractivity contribution in [2.45, 2.75) is 70.2 Å². The fourth-order valence-corrected chi connectivity index (χ4v) is 7.53. The number of nitrogens with two attached hydrogens (primary N) is 1. The Hall–Kier alpha value is -2.76. The molecular weight excluding hydrogens is 564 g/mol. The van der Waals surface area contributed by atoms with Crippen LogP contribution in [0.1, 0.15) is 57.6 Å². The number of likely N-dealkylation sites (N-methyl/N-ethyl adjacent to an activating group) is 1. The quantitative estimate of drug-likeness (QED) is 0.360. The molecule has 1 atom stereocenters. The van der Waals surface area contributed by atoms with Gasteiger partial charge < -0.3 is 20.7 Å². The van der Waals surface area contributed by atoms with E-state index in [4.69, 9.17) is 22.1 Å². The fourth-order valence-electron chi connectivity index (χ4n) is 5.43. The maximum Gasteiger partial charge on any atom is 0.247 e. The molecule has 222 valence electrons. The van der Waals surface area contributed by atoms with Gasteiger partial charge in [0.2, 0.25) is 21.8 Å². The molecule has 1 spiro atoms. The number of amides is 2. The van der Waals surface area contributed by atoms with Crippen molar-refractivity contribution >= 4 is 38.3 Å². The summed E-state index contributed by atoms with van der Waals surface area (Å²) in [4.78, 5) is 28.6. The van der Waals surface area contributed by atoms with Gasteiger partial charge >= 0.3 is 0 Å². The molecule has 0 saturated heterocycles. The zero-order valence-electron chi connectivity index (χ0n) is 23.8. The van der Waals surface area contributed by atoms with Crippen LogP contribution in [0.5, 0.6) is 0 Å². The molecule has 4 rings (SSSR count). The minimum absolute atomic E-state index is 0.0726. The van der Waals surface area contributed by atoms with E-state index in [1.54, 1.807) is 43.0 Å². The predicted octanol–water partition coefficient (Wildman–Crippen LogP) is 3.58. The van der Waals surface area contributed by atoms with E-state index in [9.17, 15) is 18.0 Å². The van der Waals surface area contributed by atoms with Crippen LogP contribution >= 0.6 is 11.6 Å². The molecule has 2 amide bonds. The third-order valence-electron chi connectivity index (χ3n) is 7.64. The normalized spacial score (nSPS) is 18.5. The van der Waals surface area contributed by atoms with Gasteiger partial charge in [0.05, 0.1) is 29.2 Å². The minimum atomic E-state index is -3.84. The second-order valence-corrected chi connectivity index (χ2v) is 13.4. The Kier molecular flexibility index (Phi) is 9.60. The Morgan fingerprint density at radius 2 is 1.76 bits per heavy atom. The summed E-state index contributed by atoms with van der Waals surface area (Å²) in [7, 11) is -3.84. The minimum Gasteiger partial charge on any atom is -0.374 e. The molecule has 0 bridgehead atoms. The molecule has 1 heterocycles. The number of sulfonamides is 1. The van der Waals surface area contributed by atoms with Gasteiger partial charge in [-0.25, -0.2) is 13.1 Å². The molecule has 11 heteroatoms. The number of hydrogen-bond acceptors (Lipinski definition) is 6. The van der Waals surface area contributed by atoms with Crippen molar-refractivity contribution in [3.63, 3.8) is 0 Å². The summed E-state index contributed by atoms with van der Waals surface area (Å²) in [6, 6.07) is 15.2. The standard InChI is InChI=1S/C30H39ClN4O5S/c1-4-35(27(36)25(33-28(37)29(2,3)32)20-40-19-21-10-6-5-7-11-21)18-24-26(22-12-14-23(31)15-13-22)41(38,39)34-30(24)16-8-9-17-30/h5-7,10-15,25,34H,4,8-9,16-20,32H2,1-3H3,(H,33,37)/t25-/m1/s1. The monoisotopic (exact) mass is 602 g/mol. The zero-order chi connectivity index (χ0) is 29.8. The molecule has 41 heavy (non-hydrogen) atoms. The molecule has 1 fully saturated rings. The van der Waals surface area contributed by atoms with Crippen molar-refractivity contribution in [2.75, 3.05) is 19.7 Å². The maximum atomic E-state index is 14.0. The Bertz CT molecular complexity index is 1380. The molecule has 2 aromatic rings. The van der Waals surface area contributed by atoms with Crippen LogP contribution in [0, 0.1) is 0 Å². The van der Waals surface area contributed by atoms with E-state index in [1.165, 1.54) is 0 Å². The lowest BCUT2D eigenvalue weighted by Crippen LogP contribution is -2.58. The lowest BCUT2D eigenvalue weighted by Gasteiger charge is -2.33. The van der Waals surface area contributed by atoms with Gasteiger partial charge in [-0.15, -0.1) is 0 Å².